The molecule has 0 aromatic heterocycles. The highest BCUT2D eigenvalue weighted by molar-refractivity contribution is 8.26. The monoisotopic (exact) mass is 510 g/mol. The molecule has 32 heavy (non-hydrogen) atoms. The lowest BCUT2D eigenvalue weighted by Crippen LogP contribution is -2.30. The molecule has 1 saturated heterocycles. The third kappa shape index (κ3) is 6.46. The molecule has 2 aromatic rings. The average molecular weight is 511 g/mol. The molecule has 0 saturated carbocycles. The number of carboxylic acids is 1. The van der Waals surface area contributed by atoms with Gasteiger partial charge in [-0.05, 0) is 42.0 Å². The predicted molar refractivity (Wildman–Crippen MR) is 129 cm³/mol. The zero-order valence-corrected chi connectivity index (χ0v) is 19.5. The van der Waals surface area contributed by atoms with Gasteiger partial charge in [0.25, 0.3) is 11.8 Å². The zero-order chi connectivity index (χ0) is 23.3. The van der Waals surface area contributed by atoms with Gasteiger partial charge < -0.3 is 15.2 Å². The summed E-state index contributed by atoms with van der Waals surface area (Å²) < 4.78 is 5.85. The van der Waals surface area contributed by atoms with Gasteiger partial charge in [-0.25, -0.2) is 0 Å². The van der Waals surface area contributed by atoms with E-state index in [0.29, 0.717) is 36.3 Å². The van der Waals surface area contributed by atoms with Crippen molar-refractivity contribution < 1.29 is 24.2 Å². The van der Waals surface area contributed by atoms with Crippen LogP contribution in [0.25, 0.3) is 6.08 Å². The van der Waals surface area contributed by atoms with Gasteiger partial charge in [0.05, 0.1) is 22.0 Å². The van der Waals surface area contributed by atoms with Gasteiger partial charge in [0.2, 0.25) is 0 Å². The maximum Gasteiger partial charge on any atom is 0.305 e. The highest BCUT2D eigenvalue weighted by Gasteiger charge is 2.32. The van der Waals surface area contributed by atoms with Crippen LogP contribution >= 0.6 is 47.2 Å². The molecular formula is C21H16Cl2N2O5S2. The molecular weight excluding hydrogens is 495 g/mol. The largest absolute Gasteiger partial charge is 0.484 e. The number of hydrogen-bond acceptors (Lipinski definition) is 6. The fourth-order valence-corrected chi connectivity index (χ4v) is 4.44. The second kappa shape index (κ2) is 10.8. The maximum atomic E-state index is 12.5. The minimum Gasteiger partial charge on any atom is -0.484 e. The van der Waals surface area contributed by atoms with E-state index in [1.807, 2.05) is 0 Å². The summed E-state index contributed by atoms with van der Waals surface area (Å²) in [6, 6.07) is 11.6. The van der Waals surface area contributed by atoms with Crippen LogP contribution in [0, 0.1) is 0 Å². The van der Waals surface area contributed by atoms with Crippen molar-refractivity contribution in [2.75, 3.05) is 18.5 Å². The fraction of sp³-hybridized carbons (Fsp3) is 0.143. The average Bonchev–Trinajstić information content (AvgIpc) is 3.00. The van der Waals surface area contributed by atoms with Gasteiger partial charge in [-0.3, -0.25) is 19.3 Å². The Morgan fingerprint density at radius 1 is 1.22 bits per heavy atom. The molecule has 0 spiro atoms. The molecule has 0 atom stereocenters. The summed E-state index contributed by atoms with van der Waals surface area (Å²) in [6.45, 7) is -0.229. The number of ether oxygens (including phenoxy) is 1. The van der Waals surface area contributed by atoms with E-state index < -0.39 is 11.9 Å². The molecule has 1 aliphatic rings. The van der Waals surface area contributed by atoms with E-state index in [0.717, 1.165) is 11.8 Å². The fourth-order valence-electron chi connectivity index (χ4n) is 2.67. The molecule has 1 heterocycles. The van der Waals surface area contributed by atoms with E-state index in [4.69, 9.17) is 45.3 Å². The van der Waals surface area contributed by atoms with Gasteiger partial charge in [0.1, 0.15) is 10.1 Å². The van der Waals surface area contributed by atoms with Crippen LogP contribution in [0.1, 0.15) is 12.0 Å². The number of halogens is 2. The number of thiocarbonyl (C=S) groups is 1. The third-order valence-electron chi connectivity index (χ3n) is 4.15. The first-order valence-corrected chi connectivity index (χ1v) is 11.2. The number of benzene rings is 2. The number of nitrogens with one attached hydrogen (secondary N) is 1. The topological polar surface area (TPSA) is 95.9 Å². The van der Waals surface area contributed by atoms with Crippen LogP contribution in [0.15, 0.2) is 47.4 Å². The SMILES string of the molecule is O=C(O)CCN1C(=O)/C(=C/c2cccc(OCC(=O)Nc3ccc(Cl)cc3Cl)c2)SC1=S. The van der Waals surface area contributed by atoms with E-state index in [1.54, 1.807) is 42.5 Å². The molecule has 7 nitrogen and oxygen atoms in total. The van der Waals surface area contributed by atoms with Crippen LogP contribution in [0.5, 0.6) is 5.75 Å². The Balaban J connectivity index is 1.61. The van der Waals surface area contributed by atoms with Crippen molar-refractivity contribution in [2.24, 2.45) is 0 Å². The van der Waals surface area contributed by atoms with Crippen molar-refractivity contribution in [1.82, 2.24) is 4.90 Å². The zero-order valence-electron chi connectivity index (χ0n) is 16.3. The van der Waals surface area contributed by atoms with Crippen molar-refractivity contribution >= 4 is 81.0 Å². The number of thioether (sulfide) groups is 1. The van der Waals surface area contributed by atoms with Gasteiger partial charge >= 0.3 is 5.97 Å². The number of rotatable bonds is 8. The van der Waals surface area contributed by atoms with Gasteiger partial charge in [-0.2, -0.15) is 0 Å². The lowest BCUT2D eigenvalue weighted by atomic mass is 10.2. The maximum absolute atomic E-state index is 12.5. The van der Waals surface area contributed by atoms with Crippen molar-refractivity contribution in [3.63, 3.8) is 0 Å². The highest BCUT2D eigenvalue weighted by atomic mass is 35.5. The van der Waals surface area contributed by atoms with Crippen LogP contribution in [0.2, 0.25) is 10.0 Å². The molecule has 166 valence electrons. The number of hydrogen-bond donors (Lipinski definition) is 2. The Morgan fingerprint density at radius 3 is 2.72 bits per heavy atom. The van der Waals surface area contributed by atoms with Gasteiger partial charge in [-0.1, -0.05) is 59.3 Å². The number of carboxylic acid groups (broad SMARTS) is 1. The Kier molecular flexibility index (Phi) is 8.14. The number of aliphatic carboxylic acids is 1. The molecule has 1 aliphatic heterocycles. The second-order valence-electron chi connectivity index (χ2n) is 6.51. The third-order valence-corrected chi connectivity index (χ3v) is 6.08. The first-order chi connectivity index (χ1) is 15.2. The number of carbonyl (C=O) groups excluding carboxylic acids is 2. The Bertz CT molecular complexity index is 1120. The predicted octanol–water partition coefficient (Wildman–Crippen LogP) is 4.69. The van der Waals surface area contributed by atoms with Crippen molar-refractivity contribution in [3.05, 3.63) is 63.0 Å². The molecule has 2 N–H and O–H groups in total. The Hall–Kier alpha value is -2.59. The number of anilines is 1. The number of amides is 2. The van der Waals surface area contributed by atoms with Crippen LogP contribution in [-0.4, -0.2) is 45.3 Å². The molecule has 11 heteroatoms. The molecule has 0 aliphatic carbocycles. The molecule has 0 radical (unpaired) electrons. The van der Waals surface area contributed by atoms with E-state index >= 15 is 0 Å². The quantitative estimate of drug-likeness (QED) is 0.392. The molecule has 2 aromatic carbocycles. The summed E-state index contributed by atoms with van der Waals surface area (Å²) in [5.74, 6) is -1.32. The lowest BCUT2D eigenvalue weighted by molar-refractivity contribution is -0.137. The van der Waals surface area contributed by atoms with Crippen molar-refractivity contribution in [1.29, 1.82) is 0 Å². The van der Waals surface area contributed by atoms with Crippen molar-refractivity contribution in [3.8, 4) is 5.75 Å². The van der Waals surface area contributed by atoms with Crippen LogP contribution in [0.3, 0.4) is 0 Å². The molecule has 0 bridgehead atoms. The van der Waals surface area contributed by atoms with Gasteiger partial charge in [0, 0.05) is 11.6 Å². The number of carbonyl (C=O) groups is 3. The van der Waals surface area contributed by atoms with E-state index in [-0.39, 0.29) is 25.5 Å². The van der Waals surface area contributed by atoms with E-state index in [9.17, 15) is 14.4 Å². The minimum atomic E-state index is -1.00. The van der Waals surface area contributed by atoms with Crippen molar-refractivity contribution in [2.45, 2.75) is 6.42 Å². The summed E-state index contributed by atoms with van der Waals surface area (Å²) in [4.78, 5) is 37.1. The summed E-state index contributed by atoms with van der Waals surface area (Å²) >= 11 is 18.2. The highest BCUT2D eigenvalue weighted by Crippen LogP contribution is 2.33. The summed E-state index contributed by atoms with van der Waals surface area (Å²) in [7, 11) is 0. The van der Waals surface area contributed by atoms with Crippen LogP contribution in [0.4, 0.5) is 5.69 Å². The van der Waals surface area contributed by atoms with Crippen LogP contribution in [-0.2, 0) is 14.4 Å². The lowest BCUT2D eigenvalue weighted by Gasteiger charge is -2.12. The number of nitrogens with zero attached hydrogens (tertiary/aromatic N) is 1. The normalized spacial score (nSPS) is 14.7. The van der Waals surface area contributed by atoms with Gasteiger partial charge in [-0.15, -0.1) is 0 Å². The van der Waals surface area contributed by atoms with Crippen LogP contribution < -0.4 is 10.1 Å². The first kappa shape index (κ1) is 24.1. The molecule has 1 fully saturated rings. The summed E-state index contributed by atoms with van der Waals surface area (Å²) in [5.41, 5.74) is 1.09. The smallest absolute Gasteiger partial charge is 0.305 e. The minimum absolute atomic E-state index is 0.0211. The first-order valence-electron chi connectivity index (χ1n) is 9.18. The molecule has 2 amide bonds. The molecule has 3 rings (SSSR count). The second-order valence-corrected chi connectivity index (χ2v) is 9.03. The van der Waals surface area contributed by atoms with Gasteiger partial charge in [0.15, 0.2) is 6.61 Å². The summed E-state index contributed by atoms with van der Waals surface area (Å²) in [5, 5.41) is 12.2. The molecule has 0 unspecified atom stereocenters. The van der Waals surface area contributed by atoms with E-state index in [2.05, 4.69) is 5.32 Å². The Morgan fingerprint density at radius 2 is 2.00 bits per heavy atom. The summed E-state index contributed by atoms with van der Waals surface area (Å²) in [6.07, 6.45) is 1.45. The van der Waals surface area contributed by atoms with E-state index in [1.165, 1.54) is 11.0 Å². The standard InChI is InChI=1S/C21H16Cl2N2O5S2/c22-13-4-5-16(15(23)10-13)24-18(26)11-30-14-3-1-2-12(8-14)9-17-20(29)25(21(31)32-17)7-6-19(27)28/h1-5,8-10H,6-7,11H2,(H,24,26)(H,27,28)/b17-9-. The Labute approximate surface area is 203 Å².